The van der Waals surface area contributed by atoms with E-state index in [1.54, 1.807) is 23.7 Å². The van der Waals surface area contributed by atoms with Gasteiger partial charge in [-0.2, -0.15) is 0 Å². The number of carbonyl (C=O) groups excluding carboxylic acids is 3. The van der Waals surface area contributed by atoms with Crippen LogP contribution in [0.1, 0.15) is 21.8 Å². The third kappa shape index (κ3) is 2.68. The summed E-state index contributed by atoms with van der Waals surface area (Å²) in [4.78, 5) is 40.3. The summed E-state index contributed by atoms with van der Waals surface area (Å²) in [5.74, 6) is -5.87. The number of carbonyl (C=O) groups is 3. The smallest absolute Gasteiger partial charge is 0.286 e. The van der Waals surface area contributed by atoms with Crippen LogP contribution in [0.25, 0.3) is 10.9 Å². The van der Waals surface area contributed by atoms with Crippen molar-refractivity contribution in [1.82, 2.24) is 15.6 Å². The highest BCUT2D eigenvalue weighted by Gasteiger charge is 2.51. The van der Waals surface area contributed by atoms with Crippen LogP contribution < -0.4 is 10.6 Å². The zero-order valence-corrected chi connectivity index (χ0v) is 13.3. The molecule has 1 unspecified atom stereocenters. The van der Waals surface area contributed by atoms with E-state index in [-0.39, 0.29) is 4.88 Å². The summed E-state index contributed by atoms with van der Waals surface area (Å²) < 4.78 is 0. The standard InChI is InChI=1S/C14H12BN3O5S/c1-6-2-3-7-4-24-9(8(7)16-6)10(19)18-13(15)5-14(22,23)12(21)17-11(13)20/h2-4,22-23H,5H2,1H3,(H,18,19)(H,17,20,21). The van der Waals surface area contributed by atoms with Gasteiger partial charge < -0.3 is 15.5 Å². The number of hydrogen-bond acceptors (Lipinski definition) is 7. The molecule has 0 aromatic carbocycles. The minimum Gasteiger partial charge on any atom is -0.358 e. The lowest BCUT2D eigenvalue weighted by Crippen LogP contribution is -2.71. The van der Waals surface area contributed by atoms with Gasteiger partial charge in [-0.15, -0.1) is 11.3 Å². The van der Waals surface area contributed by atoms with Crippen LogP contribution in [-0.2, 0) is 9.59 Å². The number of thiophene rings is 1. The molecular weight excluding hydrogens is 333 g/mol. The Morgan fingerprint density at radius 1 is 1.38 bits per heavy atom. The topological polar surface area (TPSA) is 129 Å². The Balaban J connectivity index is 1.92. The fourth-order valence-electron chi connectivity index (χ4n) is 2.41. The first-order chi connectivity index (χ1) is 11.1. The number of piperidine rings is 1. The Morgan fingerprint density at radius 2 is 2.08 bits per heavy atom. The van der Waals surface area contributed by atoms with Crippen molar-refractivity contribution < 1.29 is 24.6 Å². The number of rotatable bonds is 2. The fourth-order valence-corrected chi connectivity index (χ4v) is 3.28. The van der Waals surface area contributed by atoms with Crippen molar-refractivity contribution in [1.29, 1.82) is 0 Å². The van der Waals surface area contributed by atoms with Gasteiger partial charge >= 0.3 is 0 Å². The molecule has 0 aliphatic carbocycles. The first-order valence-electron chi connectivity index (χ1n) is 6.89. The Bertz CT molecular complexity index is 880. The predicted molar refractivity (Wildman–Crippen MR) is 85.2 cm³/mol. The van der Waals surface area contributed by atoms with Gasteiger partial charge in [0.1, 0.15) is 12.7 Å². The number of aromatic nitrogens is 1. The summed E-state index contributed by atoms with van der Waals surface area (Å²) in [5.41, 5.74) is -0.981. The highest BCUT2D eigenvalue weighted by atomic mass is 32.1. The maximum Gasteiger partial charge on any atom is 0.286 e. The largest absolute Gasteiger partial charge is 0.358 e. The average molecular weight is 345 g/mol. The third-order valence-electron chi connectivity index (χ3n) is 3.65. The molecule has 10 heteroatoms. The van der Waals surface area contributed by atoms with Crippen LogP contribution in [-0.4, -0.2) is 52.0 Å². The Labute approximate surface area is 141 Å². The van der Waals surface area contributed by atoms with Gasteiger partial charge in [0.05, 0.1) is 11.0 Å². The van der Waals surface area contributed by atoms with Crippen LogP contribution >= 0.6 is 11.3 Å². The quantitative estimate of drug-likeness (QED) is 0.312. The van der Waals surface area contributed by atoms with E-state index in [4.69, 9.17) is 7.85 Å². The van der Waals surface area contributed by atoms with E-state index in [1.165, 1.54) is 0 Å². The summed E-state index contributed by atoms with van der Waals surface area (Å²) in [6.07, 6.45) is -0.869. The summed E-state index contributed by atoms with van der Waals surface area (Å²) in [6, 6.07) is 3.61. The normalized spacial score (nSPS) is 23.1. The second kappa shape index (κ2) is 5.37. The zero-order valence-electron chi connectivity index (χ0n) is 12.5. The first kappa shape index (κ1) is 16.6. The van der Waals surface area contributed by atoms with Gasteiger partial charge in [0.15, 0.2) is 0 Å². The lowest BCUT2D eigenvalue weighted by Gasteiger charge is -2.38. The highest BCUT2D eigenvalue weighted by Crippen LogP contribution is 2.27. The van der Waals surface area contributed by atoms with E-state index in [0.717, 1.165) is 16.7 Å². The maximum absolute atomic E-state index is 12.5. The number of fused-ring (bicyclic) bond motifs is 1. The molecule has 1 atom stereocenters. The summed E-state index contributed by atoms with van der Waals surface area (Å²) in [7, 11) is 5.79. The molecule has 1 fully saturated rings. The van der Waals surface area contributed by atoms with Crippen LogP contribution in [0.5, 0.6) is 0 Å². The highest BCUT2D eigenvalue weighted by molar-refractivity contribution is 7.13. The fraction of sp³-hybridized carbons (Fsp3) is 0.286. The minimum absolute atomic E-state index is 0.227. The zero-order chi connectivity index (χ0) is 17.7. The number of nitrogens with zero attached hydrogens (tertiary/aromatic N) is 1. The number of nitrogens with one attached hydrogen (secondary N) is 2. The monoisotopic (exact) mass is 345 g/mol. The summed E-state index contributed by atoms with van der Waals surface area (Å²) in [5, 5.41) is 25.7. The van der Waals surface area contributed by atoms with E-state index in [2.05, 4.69) is 10.3 Å². The van der Waals surface area contributed by atoms with Crippen LogP contribution in [0, 0.1) is 6.92 Å². The van der Waals surface area contributed by atoms with E-state index >= 15 is 0 Å². The van der Waals surface area contributed by atoms with E-state index < -0.39 is 35.4 Å². The van der Waals surface area contributed by atoms with Crippen molar-refractivity contribution in [2.75, 3.05) is 0 Å². The van der Waals surface area contributed by atoms with E-state index in [9.17, 15) is 24.6 Å². The Morgan fingerprint density at radius 3 is 2.79 bits per heavy atom. The van der Waals surface area contributed by atoms with Crippen molar-refractivity contribution in [2.45, 2.75) is 24.6 Å². The first-order valence-corrected chi connectivity index (χ1v) is 7.77. The Hall–Kier alpha value is -2.30. The van der Waals surface area contributed by atoms with Crippen molar-refractivity contribution in [3.8, 4) is 0 Å². The second-order valence-electron chi connectivity index (χ2n) is 5.66. The van der Waals surface area contributed by atoms with Gasteiger partial charge in [-0.1, -0.05) is 6.07 Å². The van der Waals surface area contributed by atoms with Gasteiger partial charge in [0.2, 0.25) is 11.7 Å². The number of hydrogen-bond donors (Lipinski definition) is 4. The Kier molecular flexibility index (Phi) is 3.70. The number of amides is 3. The lowest BCUT2D eigenvalue weighted by atomic mass is 9.69. The number of pyridine rings is 1. The molecule has 1 saturated heterocycles. The van der Waals surface area contributed by atoms with E-state index in [1.807, 2.05) is 6.07 Å². The molecule has 3 heterocycles. The molecule has 3 amide bonds. The number of aliphatic hydroxyl groups is 2. The molecule has 122 valence electrons. The molecule has 0 spiro atoms. The molecule has 2 radical (unpaired) electrons. The number of imide groups is 1. The predicted octanol–water partition coefficient (Wildman–Crippen LogP) is -1.07. The molecule has 8 nitrogen and oxygen atoms in total. The molecule has 1 aliphatic rings. The number of aryl methyl sites for hydroxylation is 1. The van der Waals surface area contributed by atoms with Crippen LogP contribution in [0.4, 0.5) is 0 Å². The molecule has 3 rings (SSSR count). The second-order valence-corrected chi connectivity index (χ2v) is 6.54. The van der Waals surface area contributed by atoms with E-state index in [0.29, 0.717) is 11.2 Å². The van der Waals surface area contributed by atoms with Crippen molar-refractivity contribution in [2.24, 2.45) is 0 Å². The van der Waals surface area contributed by atoms with Crippen molar-refractivity contribution >= 4 is 47.8 Å². The van der Waals surface area contributed by atoms with Gasteiger partial charge in [0.25, 0.3) is 11.8 Å². The summed E-state index contributed by atoms with van der Waals surface area (Å²) in [6.45, 7) is 1.77. The lowest BCUT2D eigenvalue weighted by molar-refractivity contribution is -0.198. The van der Waals surface area contributed by atoms with Crippen LogP contribution in [0.3, 0.4) is 0 Å². The molecule has 0 saturated carbocycles. The molecule has 1 aliphatic heterocycles. The molecule has 0 bridgehead atoms. The molecule has 4 N–H and O–H groups in total. The van der Waals surface area contributed by atoms with Gasteiger partial charge in [-0.3, -0.25) is 24.7 Å². The molecular formula is C14H12BN3O5S. The molecule has 2 aromatic heterocycles. The van der Waals surface area contributed by atoms with Gasteiger partial charge in [-0.05, 0) is 13.0 Å². The van der Waals surface area contributed by atoms with Gasteiger partial charge in [-0.25, -0.2) is 0 Å². The van der Waals surface area contributed by atoms with Crippen LogP contribution in [0.2, 0.25) is 0 Å². The van der Waals surface area contributed by atoms with Crippen molar-refractivity contribution in [3.05, 3.63) is 28.1 Å². The molecule has 24 heavy (non-hydrogen) atoms. The molecule has 2 aromatic rings. The maximum atomic E-state index is 12.5. The van der Waals surface area contributed by atoms with Crippen molar-refractivity contribution in [3.63, 3.8) is 0 Å². The minimum atomic E-state index is -2.86. The average Bonchev–Trinajstić information content (AvgIpc) is 2.88. The van der Waals surface area contributed by atoms with Gasteiger partial charge in [0, 0.05) is 22.9 Å². The SMILES string of the molecule is [B]C1(NC(=O)c2scc3ccc(C)nc23)CC(O)(O)C(=O)NC1=O. The summed E-state index contributed by atoms with van der Waals surface area (Å²) >= 11 is 1.11. The van der Waals surface area contributed by atoms with Crippen LogP contribution in [0.15, 0.2) is 17.5 Å². The third-order valence-corrected chi connectivity index (χ3v) is 4.63.